The Bertz CT molecular complexity index is 2330. The summed E-state index contributed by atoms with van der Waals surface area (Å²) in [6.45, 7) is 4.95. The molecular formula is C46H46N4O6. The van der Waals surface area contributed by atoms with Crippen molar-refractivity contribution >= 4 is 16.9 Å². The minimum Gasteiger partial charge on any atom is -0.493 e. The van der Waals surface area contributed by atoms with Gasteiger partial charge in [-0.2, -0.15) is 0 Å². The Hall–Kier alpha value is -5.65. The van der Waals surface area contributed by atoms with Crippen molar-refractivity contribution < 1.29 is 28.8 Å². The fraction of sp³-hybridized carbons (Fsp3) is 0.283. The molecule has 0 radical (unpaired) electrons. The summed E-state index contributed by atoms with van der Waals surface area (Å²) in [6.07, 6.45) is 1.46. The van der Waals surface area contributed by atoms with Crippen molar-refractivity contribution in [3.63, 3.8) is 0 Å². The maximum atomic E-state index is 13.0. The van der Waals surface area contributed by atoms with E-state index in [1.54, 1.807) is 14.2 Å². The Morgan fingerprint density at radius 1 is 0.821 bits per heavy atom. The van der Waals surface area contributed by atoms with E-state index in [0.717, 1.165) is 76.5 Å². The molecule has 1 fully saturated rings. The number of hydrogen-bond acceptors (Lipinski definition) is 9. The molecule has 1 saturated heterocycles. The van der Waals surface area contributed by atoms with Crippen molar-refractivity contribution in [1.82, 2.24) is 20.2 Å². The van der Waals surface area contributed by atoms with Gasteiger partial charge < -0.3 is 29.4 Å². The zero-order valence-corrected chi connectivity index (χ0v) is 31.9. The summed E-state index contributed by atoms with van der Waals surface area (Å²) >= 11 is 0. The number of carbonyl (C=O) groups excluding carboxylic acids is 1. The molecule has 286 valence electrons. The highest BCUT2D eigenvalue weighted by Crippen LogP contribution is 2.43. The highest BCUT2D eigenvalue weighted by Gasteiger charge is 2.39. The van der Waals surface area contributed by atoms with Crippen molar-refractivity contribution in [2.75, 3.05) is 27.3 Å². The van der Waals surface area contributed by atoms with Gasteiger partial charge in [0.1, 0.15) is 5.69 Å². The van der Waals surface area contributed by atoms with Gasteiger partial charge in [0.05, 0.1) is 50.3 Å². The van der Waals surface area contributed by atoms with Gasteiger partial charge in [0.25, 0.3) is 5.91 Å². The van der Waals surface area contributed by atoms with Gasteiger partial charge in [-0.15, -0.1) is 0 Å². The van der Waals surface area contributed by atoms with Crippen LogP contribution >= 0.6 is 0 Å². The van der Waals surface area contributed by atoms with E-state index >= 15 is 0 Å². The molecule has 3 heterocycles. The highest BCUT2D eigenvalue weighted by atomic mass is 16.7. The number of amides is 1. The number of aliphatic hydroxyl groups is 1. The molecule has 10 heteroatoms. The average molecular weight is 751 g/mol. The van der Waals surface area contributed by atoms with E-state index in [1.807, 2.05) is 54.6 Å². The number of nitrogens with one attached hydrogen (secondary N) is 1. The van der Waals surface area contributed by atoms with E-state index in [9.17, 15) is 9.90 Å². The molecule has 8 rings (SSSR count). The Morgan fingerprint density at radius 2 is 1.55 bits per heavy atom. The summed E-state index contributed by atoms with van der Waals surface area (Å²) in [5.41, 5.74) is 10.0. The molecule has 0 spiro atoms. The van der Waals surface area contributed by atoms with Gasteiger partial charge in [-0.1, -0.05) is 79.7 Å². The third-order valence-corrected chi connectivity index (χ3v) is 10.9. The SMILES string of the molecule is COc1cc2c(cc1OC)CN(C[C@H]1O[C@@H](c3cccc(-c4cccc(CNC(=O)c5cnc6ccccc6n5)c4)c3)O[C@@H](c3ccc(CO)cc3)[C@H]1C)CC2. The summed E-state index contributed by atoms with van der Waals surface area (Å²) in [5.74, 6) is 1.27. The standard InChI is InChI=1S/C46H46N4O6/c1-29-43(27-50-19-18-35-22-41(53-2)42(54-3)23-37(35)26-50)55-46(56-44(29)32-16-14-30(28-51)15-17-32)36-11-7-10-34(21-36)33-9-6-8-31(20-33)24-48-45(52)40-25-47-38-12-4-5-13-39(38)49-40/h4-17,20-23,25,29,43-44,46,51H,18-19,24,26-28H2,1-3H3,(H,48,52)/t29-,43+,44+,46+/m0/s1. The van der Waals surface area contributed by atoms with E-state index in [0.29, 0.717) is 12.1 Å². The van der Waals surface area contributed by atoms with E-state index < -0.39 is 6.29 Å². The van der Waals surface area contributed by atoms with Gasteiger partial charge in [0, 0.05) is 37.7 Å². The second-order valence-corrected chi connectivity index (χ2v) is 14.5. The van der Waals surface area contributed by atoms with E-state index in [-0.39, 0.29) is 36.3 Å². The lowest BCUT2D eigenvalue weighted by molar-refractivity contribution is -0.276. The van der Waals surface area contributed by atoms with Crippen LogP contribution in [-0.2, 0) is 35.6 Å². The number of carbonyl (C=O) groups is 1. The predicted molar refractivity (Wildman–Crippen MR) is 214 cm³/mol. The number of benzene rings is 5. The van der Waals surface area contributed by atoms with Crippen LogP contribution in [-0.4, -0.2) is 59.3 Å². The zero-order chi connectivity index (χ0) is 38.6. The molecule has 2 N–H and O–H groups in total. The molecule has 56 heavy (non-hydrogen) atoms. The number of methoxy groups -OCH3 is 2. The molecule has 4 atom stereocenters. The zero-order valence-electron chi connectivity index (χ0n) is 31.9. The van der Waals surface area contributed by atoms with Crippen molar-refractivity contribution in [3.05, 3.63) is 154 Å². The third kappa shape index (κ3) is 8.01. The predicted octanol–water partition coefficient (Wildman–Crippen LogP) is 7.59. The molecule has 0 saturated carbocycles. The fourth-order valence-electron chi connectivity index (χ4n) is 7.75. The minimum absolute atomic E-state index is 0.0116. The van der Waals surface area contributed by atoms with Crippen molar-refractivity contribution in [1.29, 1.82) is 0 Å². The maximum Gasteiger partial charge on any atom is 0.271 e. The molecule has 2 aliphatic rings. The smallest absolute Gasteiger partial charge is 0.271 e. The Kier molecular flexibility index (Phi) is 11.1. The van der Waals surface area contributed by atoms with E-state index in [1.165, 1.54) is 17.3 Å². The normalized spacial score (nSPS) is 19.6. The van der Waals surface area contributed by atoms with Crippen LogP contribution in [0.15, 0.2) is 115 Å². The third-order valence-electron chi connectivity index (χ3n) is 10.9. The van der Waals surface area contributed by atoms with E-state index in [4.69, 9.17) is 18.9 Å². The first-order chi connectivity index (χ1) is 27.4. The lowest BCUT2D eigenvalue weighted by atomic mass is 9.89. The highest BCUT2D eigenvalue weighted by molar-refractivity contribution is 5.93. The van der Waals surface area contributed by atoms with Crippen LogP contribution in [0.4, 0.5) is 0 Å². The van der Waals surface area contributed by atoms with Crippen LogP contribution in [0, 0.1) is 5.92 Å². The number of para-hydroxylation sites is 2. The molecule has 5 aromatic carbocycles. The molecule has 10 nitrogen and oxygen atoms in total. The number of nitrogens with zero attached hydrogens (tertiary/aromatic N) is 3. The lowest BCUT2D eigenvalue weighted by Gasteiger charge is -2.43. The first-order valence-electron chi connectivity index (χ1n) is 19.0. The van der Waals surface area contributed by atoms with Crippen LogP contribution in [0.5, 0.6) is 11.5 Å². The Balaban J connectivity index is 1.01. The second-order valence-electron chi connectivity index (χ2n) is 14.5. The van der Waals surface area contributed by atoms with Crippen molar-refractivity contribution in [2.45, 2.75) is 51.5 Å². The summed E-state index contributed by atoms with van der Waals surface area (Å²) in [5, 5.41) is 12.7. The molecule has 1 aromatic heterocycles. The number of rotatable bonds is 11. The van der Waals surface area contributed by atoms with E-state index in [2.05, 4.69) is 81.7 Å². The molecule has 0 aliphatic carbocycles. The molecule has 1 amide bonds. The van der Waals surface area contributed by atoms with Crippen molar-refractivity contribution in [3.8, 4) is 22.6 Å². The lowest BCUT2D eigenvalue weighted by Crippen LogP contribution is -2.45. The molecule has 0 bridgehead atoms. The molecular weight excluding hydrogens is 705 g/mol. The fourth-order valence-corrected chi connectivity index (χ4v) is 7.75. The molecule has 0 unspecified atom stereocenters. The van der Waals surface area contributed by atoms with Crippen LogP contribution in [0.25, 0.3) is 22.2 Å². The first-order valence-corrected chi connectivity index (χ1v) is 19.0. The Morgan fingerprint density at radius 3 is 2.32 bits per heavy atom. The quantitative estimate of drug-likeness (QED) is 0.138. The topological polar surface area (TPSA) is 115 Å². The van der Waals surface area contributed by atoms with Crippen LogP contribution in [0.2, 0.25) is 0 Å². The van der Waals surface area contributed by atoms with Gasteiger partial charge in [-0.25, -0.2) is 4.98 Å². The van der Waals surface area contributed by atoms with Crippen LogP contribution in [0.3, 0.4) is 0 Å². The van der Waals surface area contributed by atoms with Gasteiger partial charge in [0.2, 0.25) is 0 Å². The van der Waals surface area contributed by atoms with Crippen LogP contribution in [0.1, 0.15) is 63.2 Å². The van der Waals surface area contributed by atoms with Gasteiger partial charge in [-0.05, 0) is 81.8 Å². The maximum absolute atomic E-state index is 13.0. The van der Waals surface area contributed by atoms with Gasteiger partial charge in [-0.3, -0.25) is 14.7 Å². The largest absolute Gasteiger partial charge is 0.493 e. The number of aromatic nitrogens is 2. The van der Waals surface area contributed by atoms with Gasteiger partial charge in [0.15, 0.2) is 17.8 Å². The van der Waals surface area contributed by atoms with Gasteiger partial charge >= 0.3 is 0 Å². The summed E-state index contributed by atoms with van der Waals surface area (Å²) in [4.78, 5) is 24.3. The summed E-state index contributed by atoms with van der Waals surface area (Å²) in [7, 11) is 3.35. The Labute approximate surface area is 327 Å². The number of aliphatic hydroxyl groups excluding tert-OH is 1. The summed E-state index contributed by atoms with van der Waals surface area (Å²) in [6, 6.07) is 36.2. The molecule has 2 aliphatic heterocycles. The van der Waals surface area contributed by atoms with Crippen molar-refractivity contribution in [2.24, 2.45) is 5.92 Å². The minimum atomic E-state index is -0.606. The summed E-state index contributed by atoms with van der Waals surface area (Å²) < 4.78 is 24.9. The average Bonchev–Trinajstić information content (AvgIpc) is 3.25. The molecule has 6 aromatic rings. The monoisotopic (exact) mass is 750 g/mol. The first kappa shape index (κ1) is 37.3. The second kappa shape index (κ2) is 16.6. The number of ether oxygens (including phenoxy) is 4. The number of fused-ring (bicyclic) bond motifs is 2. The van der Waals surface area contributed by atoms with Crippen LogP contribution < -0.4 is 14.8 Å². The number of hydrogen-bond donors (Lipinski definition) is 2.